The minimum atomic E-state index is -0.202. The fourth-order valence-electron chi connectivity index (χ4n) is 2.24. The average Bonchev–Trinajstić information content (AvgIpc) is 2.82. The van der Waals surface area contributed by atoms with E-state index in [1.807, 2.05) is 31.2 Å². The molecule has 1 aromatic heterocycles. The zero-order valence-electron chi connectivity index (χ0n) is 11.2. The predicted molar refractivity (Wildman–Crippen MR) is 87.4 cm³/mol. The number of aromatic nitrogens is 2. The maximum absolute atomic E-state index is 11.3. The maximum atomic E-state index is 11.3. The van der Waals surface area contributed by atoms with Crippen molar-refractivity contribution in [2.45, 2.75) is 13.0 Å². The van der Waals surface area contributed by atoms with Gasteiger partial charge in [0.05, 0.1) is 21.1 Å². The van der Waals surface area contributed by atoms with Crippen molar-refractivity contribution in [2.75, 3.05) is 5.32 Å². The molecule has 0 fully saturated rings. The van der Waals surface area contributed by atoms with E-state index in [2.05, 4.69) is 15.3 Å². The molecule has 0 saturated carbocycles. The van der Waals surface area contributed by atoms with E-state index >= 15 is 0 Å². The van der Waals surface area contributed by atoms with E-state index in [0.717, 1.165) is 22.3 Å². The summed E-state index contributed by atoms with van der Waals surface area (Å²) in [6.07, 6.45) is 0. The van der Waals surface area contributed by atoms with E-state index in [-0.39, 0.29) is 11.7 Å². The molecule has 1 heterocycles. The van der Waals surface area contributed by atoms with Crippen molar-refractivity contribution in [3.63, 3.8) is 0 Å². The summed E-state index contributed by atoms with van der Waals surface area (Å²) in [7, 11) is 0. The lowest BCUT2D eigenvalue weighted by Crippen LogP contribution is -2.06. The van der Waals surface area contributed by atoms with Gasteiger partial charge in [0.25, 0.3) is 0 Å². The van der Waals surface area contributed by atoms with Crippen LogP contribution in [0.15, 0.2) is 41.2 Å². The zero-order chi connectivity index (χ0) is 15.0. The first kappa shape index (κ1) is 14.0. The molecule has 0 saturated heterocycles. The van der Waals surface area contributed by atoms with Crippen molar-refractivity contribution in [2.24, 2.45) is 0 Å². The first-order chi connectivity index (χ1) is 10.0. The van der Waals surface area contributed by atoms with Crippen LogP contribution in [0.3, 0.4) is 0 Å². The first-order valence-corrected chi connectivity index (χ1v) is 7.22. The molecule has 0 aliphatic rings. The van der Waals surface area contributed by atoms with Gasteiger partial charge < -0.3 is 15.3 Å². The van der Waals surface area contributed by atoms with Gasteiger partial charge >= 0.3 is 5.69 Å². The standard InChI is InChI=1S/C15H13Cl2N3O/c1-8(18-10-3-4-11(16)12(17)7-10)9-2-5-13-14(6-9)20-15(21)19-13/h2-8,18H,1H3,(H2,19,20,21). The number of anilines is 1. The largest absolute Gasteiger partial charge is 0.378 e. The zero-order valence-corrected chi connectivity index (χ0v) is 12.7. The summed E-state index contributed by atoms with van der Waals surface area (Å²) in [6.45, 7) is 2.04. The van der Waals surface area contributed by atoms with Gasteiger partial charge in [-0.05, 0) is 42.8 Å². The topological polar surface area (TPSA) is 60.7 Å². The minimum absolute atomic E-state index is 0.0602. The highest BCUT2D eigenvalue weighted by Crippen LogP contribution is 2.27. The molecule has 0 bridgehead atoms. The number of rotatable bonds is 3. The van der Waals surface area contributed by atoms with Gasteiger partial charge in [-0.25, -0.2) is 4.79 Å². The lowest BCUT2D eigenvalue weighted by atomic mass is 10.1. The van der Waals surface area contributed by atoms with E-state index in [1.165, 1.54) is 0 Å². The smallest absolute Gasteiger partial charge is 0.323 e. The summed E-state index contributed by atoms with van der Waals surface area (Å²) in [5, 5.41) is 4.39. The average molecular weight is 322 g/mol. The van der Waals surface area contributed by atoms with Gasteiger partial charge in [-0.3, -0.25) is 0 Å². The van der Waals surface area contributed by atoms with Gasteiger partial charge in [0.2, 0.25) is 0 Å². The number of benzene rings is 2. The van der Waals surface area contributed by atoms with Crippen LogP contribution >= 0.6 is 23.2 Å². The Kier molecular flexibility index (Phi) is 3.66. The quantitative estimate of drug-likeness (QED) is 0.672. The number of halogens is 2. The number of hydrogen-bond acceptors (Lipinski definition) is 2. The molecule has 2 aromatic carbocycles. The lowest BCUT2D eigenvalue weighted by molar-refractivity contribution is 0.886. The third-order valence-electron chi connectivity index (χ3n) is 3.34. The molecular formula is C15H13Cl2N3O. The molecule has 3 N–H and O–H groups in total. The van der Waals surface area contributed by atoms with Crippen LogP contribution in [-0.2, 0) is 0 Å². The molecule has 1 atom stereocenters. The molecule has 0 amide bonds. The van der Waals surface area contributed by atoms with E-state index in [9.17, 15) is 4.79 Å². The summed E-state index contributed by atoms with van der Waals surface area (Å²) in [6, 6.07) is 11.3. The van der Waals surface area contributed by atoms with Gasteiger partial charge in [-0.1, -0.05) is 29.3 Å². The Hall–Kier alpha value is -1.91. The SMILES string of the molecule is CC(Nc1ccc(Cl)c(Cl)c1)c1ccc2[nH]c(=O)[nH]c2c1. The molecule has 0 spiro atoms. The summed E-state index contributed by atoms with van der Waals surface area (Å²) in [5.74, 6) is 0. The Morgan fingerprint density at radius 1 is 1.00 bits per heavy atom. The van der Waals surface area contributed by atoms with Gasteiger partial charge in [-0.15, -0.1) is 0 Å². The monoisotopic (exact) mass is 321 g/mol. The van der Waals surface area contributed by atoms with E-state index < -0.39 is 0 Å². The first-order valence-electron chi connectivity index (χ1n) is 6.46. The number of hydrogen-bond donors (Lipinski definition) is 3. The van der Waals surface area contributed by atoms with Crippen LogP contribution in [0.4, 0.5) is 5.69 Å². The van der Waals surface area contributed by atoms with Crippen molar-refractivity contribution < 1.29 is 0 Å². The molecule has 21 heavy (non-hydrogen) atoms. The molecule has 1 unspecified atom stereocenters. The molecule has 6 heteroatoms. The van der Waals surface area contributed by atoms with Crippen LogP contribution in [0.1, 0.15) is 18.5 Å². The molecule has 0 radical (unpaired) electrons. The van der Waals surface area contributed by atoms with Crippen LogP contribution in [-0.4, -0.2) is 9.97 Å². The molecular weight excluding hydrogens is 309 g/mol. The summed E-state index contributed by atoms with van der Waals surface area (Å²) in [5.41, 5.74) is 3.33. The van der Waals surface area contributed by atoms with Crippen molar-refractivity contribution >= 4 is 39.9 Å². The number of aromatic amines is 2. The fraction of sp³-hybridized carbons (Fsp3) is 0.133. The third kappa shape index (κ3) is 2.91. The van der Waals surface area contributed by atoms with Crippen molar-refractivity contribution in [1.82, 2.24) is 9.97 Å². The highest BCUT2D eigenvalue weighted by Gasteiger charge is 2.08. The van der Waals surface area contributed by atoms with E-state index in [0.29, 0.717) is 10.0 Å². The summed E-state index contributed by atoms with van der Waals surface area (Å²) < 4.78 is 0. The van der Waals surface area contributed by atoms with Crippen LogP contribution in [0.25, 0.3) is 11.0 Å². The highest BCUT2D eigenvalue weighted by molar-refractivity contribution is 6.42. The van der Waals surface area contributed by atoms with Crippen LogP contribution in [0.2, 0.25) is 10.0 Å². The summed E-state index contributed by atoms with van der Waals surface area (Å²) >= 11 is 11.9. The number of H-pyrrole nitrogens is 2. The minimum Gasteiger partial charge on any atom is -0.378 e. The Balaban J connectivity index is 1.87. The van der Waals surface area contributed by atoms with Crippen molar-refractivity contribution in [3.8, 4) is 0 Å². The Morgan fingerprint density at radius 3 is 2.52 bits per heavy atom. The molecule has 0 aliphatic carbocycles. The van der Waals surface area contributed by atoms with E-state index in [1.54, 1.807) is 12.1 Å². The number of imidazole rings is 1. The predicted octanol–water partition coefficient (Wildman–Crippen LogP) is 4.34. The van der Waals surface area contributed by atoms with Crippen molar-refractivity contribution in [3.05, 3.63) is 62.5 Å². The molecule has 108 valence electrons. The second-order valence-electron chi connectivity index (χ2n) is 4.88. The van der Waals surface area contributed by atoms with Gasteiger partial charge in [0, 0.05) is 11.7 Å². The number of fused-ring (bicyclic) bond motifs is 1. The second-order valence-corrected chi connectivity index (χ2v) is 5.69. The van der Waals surface area contributed by atoms with Crippen LogP contribution < -0.4 is 11.0 Å². The summed E-state index contributed by atoms with van der Waals surface area (Å²) in [4.78, 5) is 16.8. The maximum Gasteiger partial charge on any atom is 0.323 e. The Morgan fingerprint density at radius 2 is 1.76 bits per heavy atom. The highest BCUT2D eigenvalue weighted by atomic mass is 35.5. The van der Waals surface area contributed by atoms with Gasteiger partial charge in [0.1, 0.15) is 0 Å². The Bertz CT molecular complexity index is 853. The molecule has 3 rings (SSSR count). The molecule has 0 aliphatic heterocycles. The molecule has 3 aromatic rings. The Labute approximate surface area is 131 Å². The van der Waals surface area contributed by atoms with Gasteiger partial charge in [-0.2, -0.15) is 0 Å². The van der Waals surface area contributed by atoms with Crippen LogP contribution in [0.5, 0.6) is 0 Å². The second kappa shape index (κ2) is 5.47. The fourth-order valence-corrected chi connectivity index (χ4v) is 2.54. The van der Waals surface area contributed by atoms with Crippen molar-refractivity contribution in [1.29, 1.82) is 0 Å². The lowest BCUT2D eigenvalue weighted by Gasteiger charge is -2.16. The normalized spacial score (nSPS) is 12.5. The van der Waals surface area contributed by atoms with Gasteiger partial charge in [0.15, 0.2) is 0 Å². The van der Waals surface area contributed by atoms with Crippen LogP contribution in [0, 0.1) is 0 Å². The number of nitrogens with one attached hydrogen (secondary N) is 3. The third-order valence-corrected chi connectivity index (χ3v) is 4.08. The molecule has 4 nitrogen and oxygen atoms in total. The van der Waals surface area contributed by atoms with E-state index in [4.69, 9.17) is 23.2 Å².